The lowest BCUT2D eigenvalue weighted by atomic mass is 9.79. The molecule has 1 fully saturated rings. The van der Waals surface area contributed by atoms with Gasteiger partial charge in [0.25, 0.3) is 0 Å². The van der Waals surface area contributed by atoms with E-state index < -0.39 is 26.7 Å². The molecule has 0 aromatic heterocycles. The third-order valence-electron chi connectivity index (χ3n) is 5.69. The molecule has 10 heteroatoms. The normalized spacial score (nSPS) is 25.3. The second kappa shape index (κ2) is 6.91. The topological polar surface area (TPSA) is 65.4 Å². The van der Waals surface area contributed by atoms with Crippen molar-refractivity contribution in [2.24, 2.45) is 0 Å². The molecular formula is C18H18B2F2N2O4. The first-order valence-corrected chi connectivity index (χ1v) is 9.25. The van der Waals surface area contributed by atoms with Crippen LogP contribution in [-0.2, 0) is 9.31 Å². The highest BCUT2D eigenvalue weighted by molar-refractivity contribution is 6.62. The van der Waals surface area contributed by atoms with Crippen LogP contribution in [-0.4, -0.2) is 60.3 Å². The molecule has 2 aromatic rings. The molecule has 5 rings (SSSR count). The van der Waals surface area contributed by atoms with E-state index in [1.54, 1.807) is 12.1 Å². The number of halogens is 2. The number of nitrogens with zero attached hydrogens (tertiary/aromatic N) is 2. The molecule has 6 nitrogen and oxygen atoms in total. The van der Waals surface area contributed by atoms with Crippen molar-refractivity contribution in [3.8, 4) is 0 Å². The maximum Gasteiger partial charge on any atom is 0.492 e. The molecule has 2 N–H and O–H groups in total. The van der Waals surface area contributed by atoms with Crippen LogP contribution in [0.4, 0.5) is 8.78 Å². The third kappa shape index (κ3) is 2.97. The lowest BCUT2D eigenvalue weighted by Crippen LogP contribution is -2.49. The highest BCUT2D eigenvalue weighted by atomic mass is 19.1. The van der Waals surface area contributed by atoms with E-state index in [0.29, 0.717) is 48.2 Å². The van der Waals surface area contributed by atoms with Crippen LogP contribution in [0.2, 0.25) is 0 Å². The first kappa shape index (κ1) is 18.2. The summed E-state index contributed by atoms with van der Waals surface area (Å²) in [4.78, 5) is 4.06. The molecule has 0 amide bonds. The molecule has 2 aromatic carbocycles. The van der Waals surface area contributed by atoms with Crippen molar-refractivity contribution in [2.45, 2.75) is 12.5 Å². The predicted octanol–water partition coefficient (Wildman–Crippen LogP) is -0.285. The number of piperazine rings is 1. The van der Waals surface area contributed by atoms with Gasteiger partial charge in [-0.25, -0.2) is 8.78 Å². The van der Waals surface area contributed by atoms with E-state index in [2.05, 4.69) is 0 Å². The quantitative estimate of drug-likeness (QED) is 0.693. The summed E-state index contributed by atoms with van der Waals surface area (Å²) in [6.07, 6.45) is -1.02. The van der Waals surface area contributed by atoms with E-state index in [-0.39, 0.29) is 11.6 Å². The van der Waals surface area contributed by atoms with Gasteiger partial charge in [-0.2, -0.15) is 0 Å². The highest BCUT2D eigenvalue weighted by Crippen LogP contribution is 2.32. The fourth-order valence-corrected chi connectivity index (χ4v) is 4.28. The number of benzene rings is 2. The fourth-order valence-electron chi connectivity index (χ4n) is 4.28. The Morgan fingerprint density at radius 2 is 1.14 bits per heavy atom. The molecule has 0 bridgehead atoms. The molecule has 2 unspecified atom stereocenters. The Kier molecular flexibility index (Phi) is 4.50. The van der Waals surface area contributed by atoms with Gasteiger partial charge in [-0.3, -0.25) is 9.80 Å². The van der Waals surface area contributed by atoms with Gasteiger partial charge in [0.05, 0.1) is 0 Å². The van der Waals surface area contributed by atoms with Crippen molar-refractivity contribution >= 4 is 25.2 Å². The van der Waals surface area contributed by atoms with Gasteiger partial charge in [0.15, 0.2) is 0 Å². The zero-order valence-corrected chi connectivity index (χ0v) is 15.0. The summed E-state index contributed by atoms with van der Waals surface area (Å²) < 4.78 is 38.6. The minimum absolute atomic E-state index is 0.368. The lowest BCUT2D eigenvalue weighted by molar-refractivity contribution is -0.0561. The van der Waals surface area contributed by atoms with Crippen molar-refractivity contribution < 1.29 is 28.1 Å². The second-order valence-corrected chi connectivity index (χ2v) is 7.30. The average Bonchev–Trinajstić information content (AvgIpc) is 3.18. The fraction of sp³-hybridized carbons (Fsp3) is 0.333. The molecule has 144 valence electrons. The monoisotopic (exact) mass is 386 g/mol. The number of rotatable bonds is 2. The Morgan fingerprint density at radius 3 is 1.54 bits per heavy atom. The third-order valence-corrected chi connectivity index (χ3v) is 5.69. The SMILES string of the molecule is OB1OC(N2CCN(C3OB(O)c4ccc(F)cc43)CC2)c2cc(F)ccc21. The summed E-state index contributed by atoms with van der Waals surface area (Å²) in [7, 11) is -2.14. The average molecular weight is 386 g/mol. The Labute approximate surface area is 161 Å². The molecular weight excluding hydrogens is 368 g/mol. The minimum Gasteiger partial charge on any atom is -0.423 e. The van der Waals surface area contributed by atoms with Crippen LogP contribution in [0, 0.1) is 11.6 Å². The summed E-state index contributed by atoms with van der Waals surface area (Å²) >= 11 is 0. The Hall–Kier alpha value is -1.81. The molecule has 3 aliphatic heterocycles. The van der Waals surface area contributed by atoms with Gasteiger partial charge in [0.1, 0.15) is 24.1 Å². The van der Waals surface area contributed by atoms with Gasteiger partial charge in [0, 0.05) is 26.2 Å². The Bertz CT molecular complexity index is 840. The number of hydrogen-bond acceptors (Lipinski definition) is 6. The first-order chi connectivity index (χ1) is 13.5. The zero-order chi connectivity index (χ0) is 19.4. The summed E-state index contributed by atoms with van der Waals surface area (Å²) in [6.45, 7) is 2.36. The highest BCUT2D eigenvalue weighted by Gasteiger charge is 2.42. The van der Waals surface area contributed by atoms with E-state index in [9.17, 15) is 18.8 Å². The van der Waals surface area contributed by atoms with Gasteiger partial charge in [-0.15, -0.1) is 0 Å². The molecule has 28 heavy (non-hydrogen) atoms. The summed E-state index contributed by atoms with van der Waals surface area (Å²) in [5.74, 6) is -0.737. The molecule has 0 spiro atoms. The molecule has 0 radical (unpaired) electrons. The minimum atomic E-state index is -1.07. The van der Waals surface area contributed by atoms with Crippen LogP contribution in [0.1, 0.15) is 23.6 Å². The largest absolute Gasteiger partial charge is 0.492 e. The second-order valence-electron chi connectivity index (χ2n) is 7.30. The maximum absolute atomic E-state index is 13.7. The summed E-state index contributed by atoms with van der Waals surface area (Å²) in [6, 6.07) is 8.52. The van der Waals surface area contributed by atoms with Crippen molar-refractivity contribution in [1.82, 2.24) is 9.80 Å². The zero-order valence-electron chi connectivity index (χ0n) is 15.0. The lowest BCUT2D eigenvalue weighted by Gasteiger charge is -2.40. The first-order valence-electron chi connectivity index (χ1n) is 9.25. The van der Waals surface area contributed by atoms with Gasteiger partial charge in [-0.05, 0) is 46.3 Å². The van der Waals surface area contributed by atoms with Gasteiger partial charge < -0.3 is 19.4 Å². The van der Waals surface area contributed by atoms with Crippen molar-refractivity contribution in [3.05, 3.63) is 59.2 Å². The number of fused-ring (bicyclic) bond motifs is 2. The van der Waals surface area contributed by atoms with E-state index in [0.717, 1.165) is 0 Å². The van der Waals surface area contributed by atoms with Crippen LogP contribution >= 0.6 is 0 Å². The molecule has 3 heterocycles. The van der Waals surface area contributed by atoms with Crippen molar-refractivity contribution in [1.29, 1.82) is 0 Å². The van der Waals surface area contributed by atoms with Crippen molar-refractivity contribution in [3.63, 3.8) is 0 Å². The van der Waals surface area contributed by atoms with E-state index in [1.807, 2.05) is 9.80 Å². The van der Waals surface area contributed by atoms with Crippen LogP contribution in [0.5, 0.6) is 0 Å². The van der Waals surface area contributed by atoms with Gasteiger partial charge in [-0.1, -0.05) is 12.1 Å². The standard InChI is InChI=1S/C18H18B2F2N2O4/c21-11-1-3-15-13(9-11)17(27-19(15)25)23-5-7-24(8-6-23)18-14-10-12(22)2-4-16(14)20(26)28-18/h1-4,9-10,17-18,25-26H,5-8H2. The summed E-state index contributed by atoms with van der Waals surface area (Å²) in [5, 5.41) is 20.2. The molecule has 0 saturated carbocycles. The summed E-state index contributed by atoms with van der Waals surface area (Å²) in [5.41, 5.74) is 2.45. The van der Waals surface area contributed by atoms with Crippen LogP contribution in [0.15, 0.2) is 36.4 Å². The van der Waals surface area contributed by atoms with Crippen LogP contribution in [0.25, 0.3) is 0 Å². The molecule has 0 aliphatic carbocycles. The van der Waals surface area contributed by atoms with E-state index in [4.69, 9.17) is 9.31 Å². The van der Waals surface area contributed by atoms with E-state index in [1.165, 1.54) is 24.3 Å². The van der Waals surface area contributed by atoms with Gasteiger partial charge in [0.2, 0.25) is 0 Å². The van der Waals surface area contributed by atoms with Gasteiger partial charge >= 0.3 is 14.2 Å². The van der Waals surface area contributed by atoms with Crippen molar-refractivity contribution in [2.75, 3.05) is 26.2 Å². The number of hydrogen-bond donors (Lipinski definition) is 2. The molecule has 3 aliphatic rings. The van der Waals surface area contributed by atoms with E-state index >= 15 is 0 Å². The maximum atomic E-state index is 13.7. The molecule has 2 atom stereocenters. The Morgan fingerprint density at radius 1 is 0.750 bits per heavy atom. The molecule has 1 saturated heterocycles. The Balaban J connectivity index is 1.31. The van der Waals surface area contributed by atoms with Crippen LogP contribution in [0.3, 0.4) is 0 Å². The van der Waals surface area contributed by atoms with Crippen LogP contribution < -0.4 is 10.9 Å². The smallest absolute Gasteiger partial charge is 0.423 e. The predicted molar refractivity (Wildman–Crippen MR) is 98.8 cm³/mol.